The van der Waals surface area contributed by atoms with Crippen molar-refractivity contribution in [2.45, 2.75) is 6.92 Å². The lowest BCUT2D eigenvalue weighted by Gasteiger charge is -2.09. The van der Waals surface area contributed by atoms with Crippen LogP contribution < -0.4 is 0 Å². The number of halogens is 2. The monoisotopic (exact) mass is 408 g/mol. The third kappa shape index (κ3) is 4.75. The van der Waals surface area contributed by atoms with Gasteiger partial charge in [-0.15, -0.1) is 0 Å². The van der Waals surface area contributed by atoms with Crippen LogP contribution in [0.5, 0.6) is 0 Å². The summed E-state index contributed by atoms with van der Waals surface area (Å²) in [5.74, 6) is -2.92. The number of ether oxygens (including phenoxy) is 1. The van der Waals surface area contributed by atoms with E-state index in [0.717, 1.165) is 11.8 Å². The van der Waals surface area contributed by atoms with Gasteiger partial charge in [-0.1, -0.05) is 18.2 Å². The lowest BCUT2D eigenvalue weighted by Crippen LogP contribution is -2.12. The Morgan fingerprint density at radius 3 is 2.47 bits per heavy atom. The van der Waals surface area contributed by atoms with E-state index in [0.29, 0.717) is 5.56 Å². The Bertz CT molecular complexity index is 1110. The SMILES string of the molecule is CCOC(=O)/C(C=Nc1ccccc1F)=C(\O)c1ccc(-c2ccncc2)cc1F. The number of hydrogen-bond acceptors (Lipinski definition) is 5. The number of para-hydroxylation sites is 1. The van der Waals surface area contributed by atoms with Crippen LogP contribution in [-0.2, 0) is 9.53 Å². The molecule has 0 radical (unpaired) electrons. The van der Waals surface area contributed by atoms with E-state index in [1.54, 1.807) is 43.6 Å². The highest BCUT2D eigenvalue weighted by atomic mass is 19.1. The summed E-state index contributed by atoms with van der Waals surface area (Å²) in [5, 5.41) is 10.6. The van der Waals surface area contributed by atoms with Gasteiger partial charge in [-0.25, -0.2) is 13.6 Å². The van der Waals surface area contributed by atoms with E-state index in [4.69, 9.17) is 4.74 Å². The fourth-order valence-corrected chi connectivity index (χ4v) is 2.69. The van der Waals surface area contributed by atoms with Crippen LogP contribution in [0.2, 0.25) is 0 Å². The maximum absolute atomic E-state index is 14.8. The van der Waals surface area contributed by atoms with Crippen molar-refractivity contribution in [3.8, 4) is 11.1 Å². The number of aliphatic hydroxyl groups is 1. The molecule has 0 atom stereocenters. The van der Waals surface area contributed by atoms with Gasteiger partial charge in [0.2, 0.25) is 0 Å². The van der Waals surface area contributed by atoms with E-state index in [1.807, 2.05) is 0 Å². The smallest absolute Gasteiger partial charge is 0.343 e. The first-order valence-electron chi connectivity index (χ1n) is 9.10. The molecule has 5 nitrogen and oxygen atoms in total. The van der Waals surface area contributed by atoms with Crippen LogP contribution in [0.15, 0.2) is 77.6 Å². The van der Waals surface area contributed by atoms with Gasteiger partial charge in [0.05, 0.1) is 17.9 Å². The van der Waals surface area contributed by atoms with Gasteiger partial charge in [0.1, 0.15) is 23.0 Å². The number of hydrogen-bond donors (Lipinski definition) is 1. The Balaban J connectivity index is 2.03. The number of carbonyl (C=O) groups excluding carboxylic acids is 1. The number of rotatable bonds is 6. The summed E-state index contributed by atoms with van der Waals surface area (Å²) in [6.07, 6.45) is 4.12. The Labute approximate surface area is 172 Å². The molecule has 0 bridgehead atoms. The van der Waals surface area contributed by atoms with Crippen molar-refractivity contribution in [2.75, 3.05) is 6.61 Å². The molecule has 2 aromatic carbocycles. The fourth-order valence-electron chi connectivity index (χ4n) is 2.69. The first-order chi connectivity index (χ1) is 14.5. The van der Waals surface area contributed by atoms with Crippen LogP contribution in [0, 0.1) is 11.6 Å². The standard InChI is InChI=1S/C23H18F2N2O3/c1-2-30-23(29)18(14-27-21-6-4-3-5-19(21)24)22(28)17-8-7-16(13-20(17)25)15-9-11-26-12-10-15/h3-14,28H,2H2,1H3/b22-18-,27-14?. The van der Waals surface area contributed by atoms with Gasteiger partial charge in [-0.3, -0.25) is 9.98 Å². The highest BCUT2D eigenvalue weighted by Gasteiger charge is 2.19. The minimum Gasteiger partial charge on any atom is -0.506 e. The molecule has 7 heteroatoms. The molecule has 3 rings (SSSR count). The first-order valence-corrected chi connectivity index (χ1v) is 9.10. The average molecular weight is 408 g/mol. The van der Waals surface area contributed by atoms with Crippen molar-refractivity contribution in [1.82, 2.24) is 4.98 Å². The molecule has 1 heterocycles. The van der Waals surface area contributed by atoms with Gasteiger partial charge in [0.15, 0.2) is 0 Å². The fraction of sp³-hybridized carbons (Fsp3) is 0.0870. The predicted molar refractivity (Wildman–Crippen MR) is 110 cm³/mol. The molecule has 0 saturated carbocycles. The summed E-state index contributed by atoms with van der Waals surface area (Å²) in [6.45, 7) is 1.62. The van der Waals surface area contributed by atoms with Crippen LogP contribution >= 0.6 is 0 Å². The van der Waals surface area contributed by atoms with Crippen molar-refractivity contribution < 1.29 is 23.4 Å². The molecule has 0 amide bonds. The zero-order valence-corrected chi connectivity index (χ0v) is 16.0. The number of aliphatic imine (C=N–C) groups is 1. The van der Waals surface area contributed by atoms with E-state index in [2.05, 4.69) is 9.98 Å². The summed E-state index contributed by atoms with van der Waals surface area (Å²) in [6, 6.07) is 13.3. The summed E-state index contributed by atoms with van der Waals surface area (Å²) in [5.41, 5.74) is 0.668. The third-order valence-corrected chi connectivity index (χ3v) is 4.17. The minimum atomic E-state index is -0.910. The summed E-state index contributed by atoms with van der Waals surface area (Å²) >= 11 is 0. The second kappa shape index (κ2) is 9.56. The molecule has 3 aromatic rings. The molecule has 152 valence electrons. The topological polar surface area (TPSA) is 71.8 Å². The van der Waals surface area contributed by atoms with Gasteiger partial charge in [0, 0.05) is 18.6 Å². The second-order valence-electron chi connectivity index (χ2n) is 6.12. The van der Waals surface area contributed by atoms with Crippen LogP contribution in [0.3, 0.4) is 0 Å². The average Bonchev–Trinajstić information content (AvgIpc) is 2.75. The molecule has 0 aliphatic carbocycles. The van der Waals surface area contributed by atoms with E-state index >= 15 is 0 Å². The van der Waals surface area contributed by atoms with Crippen molar-refractivity contribution in [3.63, 3.8) is 0 Å². The van der Waals surface area contributed by atoms with Gasteiger partial charge in [0.25, 0.3) is 0 Å². The Kier molecular flexibility index (Phi) is 6.64. The van der Waals surface area contributed by atoms with E-state index in [9.17, 15) is 18.7 Å². The Hall–Kier alpha value is -3.87. The zero-order valence-electron chi connectivity index (χ0n) is 16.0. The van der Waals surface area contributed by atoms with E-state index < -0.39 is 28.9 Å². The highest BCUT2D eigenvalue weighted by Crippen LogP contribution is 2.26. The number of aromatic nitrogens is 1. The Morgan fingerprint density at radius 1 is 1.07 bits per heavy atom. The lowest BCUT2D eigenvalue weighted by molar-refractivity contribution is -0.137. The molecular formula is C23H18F2N2O3. The predicted octanol–water partition coefficient (Wildman–Crippen LogP) is 5.26. The second-order valence-corrected chi connectivity index (χ2v) is 6.12. The van der Waals surface area contributed by atoms with Crippen LogP contribution in [0.1, 0.15) is 12.5 Å². The molecular weight excluding hydrogens is 390 g/mol. The van der Waals surface area contributed by atoms with Crippen molar-refractivity contribution >= 4 is 23.6 Å². The summed E-state index contributed by atoms with van der Waals surface area (Å²) in [4.78, 5) is 20.1. The van der Waals surface area contributed by atoms with Gasteiger partial charge in [-0.05, 0) is 54.4 Å². The number of benzene rings is 2. The number of nitrogens with zero attached hydrogens (tertiary/aromatic N) is 2. The molecule has 0 aliphatic rings. The quantitative estimate of drug-likeness (QED) is 0.261. The molecule has 0 saturated heterocycles. The van der Waals surface area contributed by atoms with Crippen LogP contribution in [0.25, 0.3) is 16.9 Å². The lowest BCUT2D eigenvalue weighted by atomic mass is 10.0. The molecule has 0 unspecified atom stereocenters. The van der Waals surface area contributed by atoms with Crippen LogP contribution in [0.4, 0.5) is 14.5 Å². The summed E-state index contributed by atoms with van der Waals surface area (Å²) < 4.78 is 33.5. The van der Waals surface area contributed by atoms with Gasteiger partial charge < -0.3 is 9.84 Å². The molecule has 0 spiro atoms. The van der Waals surface area contributed by atoms with E-state index in [-0.39, 0.29) is 17.9 Å². The molecule has 30 heavy (non-hydrogen) atoms. The zero-order chi connectivity index (χ0) is 21.5. The van der Waals surface area contributed by atoms with Crippen molar-refractivity contribution in [3.05, 3.63) is 89.8 Å². The number of carbonyl (C=O) groups is 1. The molecule has 0 fully saturated rings. The Morgan fingerprint density at radius 2 is 1.80 bits per heavy atom. The normalized spacial score (nSPS) is 12.0. The van der Waals surface area contributed by atoms with Gasteiger partial charge >= 0.3 is 5.97 Å². The first kappa shape index (κ1) is 20.9. The van der Waals surface area contributed by atoms with E-state index in [1.165, 1.54) is 30.3 Å². The molecule has 0 aliphatic heterocycles. The number of esters is 1. The minimum absolute atomic E-state index is 0.0343. The summed E-state index contributed by atoms with van der Waals surface area (Å²) in [7, 11) is 0. The number of pyridine rings is 1. The molecule has 1 N–H and O–H groups in total. The largest absolute Gasteiger partial charge is 0.506 e. The van der Waals surface area contributed by atoms with Crippen LogP contribution in [-0.4, -0.2) is 28.9 Å². The third-order valence-electron chi connectivity index (χ3n) is 4.17. The maximum atomic E-state index is 14.8. The van der Waals surface area contributed by atoms with Crippen molar-refractivity contribution in [1.29, 1.82) is 0 Å². The number of aliphatic hydroxyl groups excluding tert-OH is 1. The van der Waals surface area contributed by atoms with Gasteiger partial charge in [-0.2, -0.15) is 0 Å². The maximum Gasteiger partial charge on any atom is 0.343 e. The molecule has 1 aromatic heterocycles. The highest BCUT2D eigenvalue weighted by molar-refractivity contribution is 6.15. The van der Waals surface area contributed by atoms with Crippen molar-refractivity contribution in [2.24, 2.45) is 4.99 Å².